The Morgan fingerprint density at radius 1 is 1.00 bits per heavy atom. The lowest BCUT2D eigenvalue weighted by atomic mass is 9.93. The minimum Gasteiger partial charge on any atom is -0.0654 e. The van der Waals surface area contributed by atoms with Gasteiger partial charge in [-0.15, -0.1) is 0 Å². The summed E-state index contributed by atoms with van der Waals surface area (Å²) in [7, 11) is 0. The average molecular weight is 169 g/mol. The van der Waals surface area contributed by atoms with Gasteiger partial charge < -0.3 is 0 Å². The van der Waals surface area contributed by atoms with Gasteiger partial charge in [0.1, 0.15) is 0 Å². The summed E-state index contributed by atoms with van der Waals surface area (Å²) >= 11 is 0. The number of unbranched alkanes of at least 4 members (excludes halogenated alkanes) is 3. The summed E-state index contributed by atoms with van der Waals surface area (Å²) in [5, 5.41) is 0. The van der Waals surface area contributed by atoms with E-state index in [0.717, 1.165) is 12.3 Å². The molecule has 0 saturated heterocycles. The Bertz CT molecular complexity index is 76.1. The molecule has 0 heteroatoms. The quantitative estimate of drug-likeness (QED) is 0.466. The molecule has 0 aliphatic rings. The van der Waals surface area contributed by atoms with Crippen LogP contribution in [0, 0.1) is 12.8 Å². The van der Waals surface area contributed by atoms with Crippen molar-refractivity contribution < 1.29 is 0 Å². The Morgan fingerprint density at radius 2 is 1.67 bits per heavy atom. The molecule has 0 spiro atoms. The summed E-state index contributed by atoms with van der Waals surface area (Å²) in [6.45, 7) is 8.48. The fraction of sp³-hybridized carbons (Fsp3) is 0.917. The molecule has 0 aliphatic heterocycles. The first-order valence-corrected chi connectivity index (χ1v) is 5.64. The van der Waals surface area contributed by atoms with Crippen molar-refractivity contribution >= 4 is 0 Å². The van der Waals surface area contributed by atoms with Crippen molar-refractivity contribution in [2.24, 2.45) is 5.92 Å². The average Bonchev–Trinajstić information content (AvgIpc) is 2.11. The topological polar surface area (TPSA) is 0 Å². The third-order valence-electron chi connectivity index (χ3n) is 2.66. The van der Waals surface area contributed by atoms with Gasteiger partial charge >= 0.3 is 0 Å². The first-order chi connectivity index (χ1) is 5.85. The molecule has 0 aromatic heterocycles. The van der Waals surface area contributed by atoms with Crippen molar-refractivity contribution in [2.45, 2.75) is 65.2 Å². The molecule has 12 heavy (non-hydrogen) atoms. The molecule has 0 aromatic rings. The van der Waals surface area contributed by atoms with Crippen LogP contribution in [-0.4, -0.2) is 0 Å². The zero-order valence-electron chi connectivity index (χ0n) is 8.94. The highest BCUT2D eigenvalue weighted by Gasteiger charge is 2.04. The van der Waals surface area contributed by atoms with Crippen molar-refractivity contribution in [3.63, 3.8) is 0 Å². The Kier molecular flexibility index (Phi) is 9.09. The van der Waals surface area contributed by atoms with Crippen LogP contribution in [0.4, 0.5) is 0 Å². The van der Waals surface area contributed by atoms with Crippen LogP contribution < -0.4 is 0 Å². The van der Waals surface area contributed by atoms with Crippen LogP contribution in [0.2, 0.25) is 0 Å². The van der Waals surface area contributed by atoms with Gasteiger partial charge in [-0.3, -0.25) is 0 Å². The highest BCUT2D eigenvalue weighted by molar-refractivity contribution is 4.58. The maximum Gasteiger partial charge on any atom is -0.0417 e. The van der Waals surface area contributed by atoms with Gasteiger partial charge in [-0.2, -0.15) is 0 Å². The van der Waals surface area contributed by atoms with Gasteiger partial charge in [0.25, 0.3) is 0 Å². The van der Waals surface area contributed by atoms with Crippen LogP contribution in [0.1, 0.15) is 65.2 Å². The molecule has 0 aliphatic carbocycles. The summed E-state index contributed by atoms with van der Waals surface area (Å²) in [5.41, 5.74) is 0. The van der Waals surface area contributed by atoms with Gasteiger partial charge in [-0.05, 0) is 5.92 Å². The third kappa shape index (κ3) is 6.69. The fourth-order valence-electron chi connectivity index (χ4n) is 1.67. The van der Waals surface area contributed by atoms with Crippen LogP contribution in [0.3, 0.4) is 0 Å². The lowest BCUT2D eigenvalue weighted by molar-refractivity contribution is 0.406. The molecule has 1 unspecified atom stereocenters. The van der Waals surface area contributed by atoms with Crippen molar-refractivity contribution in [1.29, 1.82) is 0 Å². The van der Waals surface area contributed by atoms with Crippen LogP contribution in [0.5, 0.6) is 0 Å². The van der Waals surface area contributed by atoms with E-state index in [1.807, 2.05) is 0 Å². The van der Waals surface area contributed by atoms with E-state index in [2.05, 4.69) is 20.8 Å². The minimum absolute atomic E-state index is 0.985. The van der Waals surface area contributed by atoms with Crippen LogP contribution in [0.25, 0.3) is 0 Å². The van der Waals surface area contributed by atoms with Crippen molar-refractivity contribution in [1.82, 2.24) is 0 Å². The zero-order chi connectivity index (χ0) is 9.23. The molecule has 1 atom stereocenters. The summed E-state index contributed by atoms with van der Waals surface area (Å²) < 4.78 is 0. The fourth-order valence-corrected chi connectivity index (χ4v) is 1.67. The van der Waals surface area contributed by atoms with Gasteiger partial charge in [0, 0.05) is 0 Å². The second kappa shape index (κ2) is 9.09. The second-order valence-electron chi connectivity index (χ2n) is 3.77. The molecule has 1 radical (unpaired) electrons. The predicted molar refractivity (Wildman–Crippen MR) is 57.1 cm³/mol. The van der Waals surface area contributed by atoms with Gasteiger partial charge in [-0.1, -0.05) is 72.1 Å². The summed E-state index contributed by atoms with van der Waals surface area (Å²) in [4.78, 5) is 0. The van der Waals surface area contributed by atoms with E-state index in [1.165, 1.54) is 44.9 Å². The van der Waals surface area contributed by atoms with Crippen molar-refractivity contribution in [2.75, 3.05) is 0 Å². The molecule has 0 saturated carbocycles. The molecule has 0 heterocycles. The largest absolute Gasteiger partial charge is 0.0654 e. The molecule has 73 valence electrons. The number of rotatable bonds is 8. The highest BCUT2D eigenvalue weighted by atomic mass is 14.1. The monoisotopic (exact) mass is 169 g/mol. The van der Waals surface area contributed by atoms with Crippen molar-refractivity contribution in [3.8, 4) is 0 Å². The lowest BCUT2D eigenvalue weighted by Gasteiger charge is -2.13. The maximum absolute atomic E-state index is 3.89. The molecule has 0 aromatic carbocycles. The molecule has 0 N–H and O–H groups in total. The van der Waals surface area contributed by atoms with Crippen LogP contribution in [-0.2, 0) is 0 Å². The summed E-state index contributed by atoms with van der Waals surface area (Å²) in [6, 6.07) is 0. The van der Waals surface area contributed by atoms with E-state index in [4.69, 9.17) is 0 Å². The van der Waals surface area contributed by atoms with E-state index in [-0.39, 0.29) is 0 Å². The van der Waals surface area contributed by atoms with E-state index in [1.54, 1.807) is 0 Å². The number of hydrogen-bond acceptors (Lipinski definition) is 0. The van der Waals surface area contributed by atoms with Gasteiger partial charge in [0.05, 0.1) is 0 Å². The van der Waals surface area contributed by atoms with E-state index in [9.17, 15) is 0 Å². The van der Waals surface area contributed by atoms with E-state index in [0.29, 0.717) is 0 Å². The zero-order valence-corrected chi connectivity index (χ0v) is 8.94. The Labute approximate surface area is 78.8 Å². The highest BCUT2D eigenvalue weighted by Crippen LogP contribution is 2.19. The summed E-state index contributed by atoms with van der Waals surface area (Å²) in [5.74, 6) is 0.985. The molecule has 0 rings (SSSR count). The molecular formula is C12H25. The lowest BCUT2D eigenvalue weighted by Crippen LogP contribution is -1.98. The smallest absolute Gasteiger partial charge is 0.0417 e. The normalized spacial score (nSPS) is 13.2. The SMILES string of the molecule is [CH2]CCCC(CC)CCCCC. The van der Waals surface area contributed by atoms with E-state index >= 15 is 0 Å². The Morgan fingerprint density at radius 3 is 2.17 bits per heavy atom. The van der Waals surface area contributed by atoms with E-state index < -0.39 is 0 Å². The van der Waals surface area contributed by atoms with Gasteiger partial charge in [-0.25, -0.2) is 0 Å². The number of hydrogen-bond donors (Lipinski definition) is 0. The first-order valence-electron chi connectivity index (χ1n) is 5.64. The molecule has 0 bridgehead atoms. The molecular weight excluding hydrogens is 144 g/mol. The standard InChI is InChI=1S/C12H25/c1-4-7-9-11-12(6-3)10-8-5-2/h12H,2,4-11H2,1,3H3. The minimum atomic E-state index is 0.985. The Hall–Kier alpha value is 0. The van der Waals surface area contributed by atoms with Crippen molar-refractivity contribution in [3.05, 3.63) is 6.92 Å². The Balaban J connectivity index is 3.26. The predicted octanol–water partition coefficient (Wildman–Crippen LogP) is 4.60. The maximum atomic E-state index is 3.89. The van der Waals surface area contributed by atoms with Gasteiger partial charge in [0.2, 0.25) is 0 Å². The van der Waals surface area contributed by atoms with Gasteiger partial charge in [0.15, 0.2) is 0 Å². The van der Waals surface area contributed by atoms with Crippen LogP contribution >= 0.6 is 0 Å². The summed E-state index contributed by atoms with van der Waals surface area (Å²) in [6.07, 6.45) is 10.9. The second-order valence-corrected chi connectivity index (χ2v) is 3.77. The molecule has 0 nitrogen and oxygen atoms in total. The molecule has 0 amide bonds. The first kappa shape index (κ1) is 12.0. The third-order valence-corrected chi connectivity index (χ3v) is 2.66. The van der Waals surface area contributed by atoms with Crippen LogP contribution in [0.15, 0.2) is 0 Å². The molecule has 0 fully saturated rings.